The molecule has 1 aromatic carbocycles. The fourth-order valence-corrected chi connectivity index (χ4v) is 2.22. The zero-order valence-electron chi connectivity index (χ0n) is 11.2. The molecule has 0 unspecified atom stereocenters. The van der Waals surface area contributed by atoms with E-state index in [0.29, 0.717) is 12.0 Å². The highest BCUT2D eigenvalue weighted by atomic mass is 19.4. The van der Waals surface area contributed by atoms with Crippen molar-refractivity contribution in [3.05, 3.63) is 23.8 Å². The van der Waals surface area contributed by atoms with Crippen molar-refractivity contribution in [2.45, 2.75) is 38.9 Å². The van der Waals surface area contributed by atoms with Crippen LogP contribution in [0, 0.1) is 5.92 Å². The lowest BCUT2D eigenvalue weighted by Gasteiger charge is -2.28. The second-order valence-electron chi connectivity index (χ2n) is 5.55. The average Bonchev–Trinajstić information content (AvgIpc) is 3.08. The number of hydrogen-bond donors (Lipinski definition) is 1. The molecule has 106 valence electrons. The molecule has 0 spiro atoms. The minimum absolute atomic E-state index is 0.211. The second-order valence-corrected chi connectivity index (χ2v) is 5.55. The van der Waals surface area contributed by atoms with Crippen molar-refractivity contribution >= 4 is 11.4 Å². The molecule has 0 saturated heterocycles. The van der Waals surface area contributed by atoms with Crippen LogP contribution in [0.4, 0.5) is 24.5 Å². The standard InChI is InChI=1S/C14H19F3N2/c1-9(2)8-19(11-4-5-11)13-6-3-10(7-12(13)18)14(15,16)17/h3,6-7,9,11H,4-5,8,18H2,1-2H3. The smallest absolute Gasteiger partial charge is 0.397 e. The number of nitrogens with zero attached hydrogens (tertiary/aromatic N) is 1. The van der Waals surface area contributed by atoms with Crippen molar-refractivity contribution in [1.29, 1.82) is 0 Å². The van der Waals surface area contributed by atoms with E-state index in [4.69, 9.17) is 5.73 Å². The maximum absolute atomic E-state index is 12.6. The Labute approximate surface area is 111 Å². The zero-order valence-corrected chi connectivity index (χ0v) is 11.2. The third-order valence-corrected chi connectivity index (χ3v) is 3.21. The Morgan fingerprint density at radius 1 is 1.32 bits per heavy atom. The van der Waals surface area contributed by atoms with E-state index < -0.39 is 11.7 Å². The quantitative estimate of drug-likeness (QED) is 0.842. The molecule has 1 saturated carbocycles. The topological polar surface area (TPSA) is 29.3 Å². The maximum Gasteiger partial charge on any atom is 0.416 e. The van der Waals surface area contributed by atoms with E-state index >= 15 is 0 Å². The molecule has 1 aliphatic rings. The van der Waals surface area contributed by atoms with Crippen LogP contribution in [0.25, 0.3) is 0 Å². The zero-order chi connectivity index (χ0) is 14.2. The lowest BCUT2D eigenvalue weighted by atomic mass is 10.1. The number of alkyl halides is 3. The molecule has 0 bridgehead atoms. The monoisotopic (exact) mass is 272 g/mol. The fourth-order valence-electron chi connectivity index (χ4n) is 2.22. The third-order valence-electron chi connectivity index (χ3n) is 3.21. The van der Waals surface area contributed by atoms with Gasteiger partial charge in [0.2, 0.25) is 0 Å². The summed E-state index contributed by atoms with van der Waals surface area (Å²) in [6.45, 7) is 5.01. The number of halogens is 3. The predicted molar refractivity (Wildman–Crippen MR) is 71.1 cm³/mol. The summed E-state index contributed by atoms with van der Waals surface area (Å²) in [7, 11) is 0. The van der Waals surface area contributed by atoms with Gasteiger partial charge in [-0.1, -0.05) is 13.8 Å². The number of hydrogen-bond acceptors (Lipinski definition) is 2. The lowest BCUT2D eigenvalue weighted by Crippen LogP contribution is -2.30. The highest BCUT2D eigenvalue weighted by molar-refractivity contribution is 5.69. The maximum atomic E-state index is 12.6. The molecule has 2 rings (SSSR count). The second kappa shape index (κ2) is 4.94. The van der Waals surface area contributed by atoms with Gasteiger partial charge in [0.1, 0.15) is 0 Å². The number of nitrogen functional groups attached to an aromatic ring is 1. The SMILES string of the molecule is CC(C)CN(c1ccc(C(F)(F)F)cc1N)C1CC1. The minimum Gasteiger partial charge on any atom is -0.397 e. The van der Waals surface area contributed by atoms with Gasteiger partial charge in [-0.05, 0) is 37.0 Å². The van der Waals surface area contributed by atoms with Gasteiger partial charge in [-0.2, -0.15) is 13.2 Å². The molecule has 0 aromatic heterocycles. The number of benzene rings is 1. The van der Waals surface area contributed by atoms with Gasteiger partial charge in [-0.3, -0.25) is 0 Å². The Kier molecular flexibility index (Phi) is 3.65. The van der Waals surface area contributed by atoms with E-state index in [-0.39, 0.29) is 5.69 Å². The fraction of sp³-hybridized carbons (Fsp3) is 0.571. The molecule has 2 nitrogen and oxygen atoms in total. The van der Waals surface area contributed by atoms with Crippen LogP contribution >= 0.6 is 0 Å². The van der Waals surface area contributed by atoms with Crippen LogP contribution in [-0.4, -0.2) is 12.6 Å². The van der Waals surface area contributed by atoms with Crippen molar-refractivity contribution in [3.63, 3.8) is 0 Å². The molecule has 0 heterocycles. The summed E-state index contributed by atoms with van der Waals surface area (Å²) < 4.78 is 37.8. The van der Waals surface area contributed by atoms with Gasteiger partial charge in [0.15, 0.2) is 0 Å². The van der Waals surface area contributed by atoms with E-state index in [9.17, 15) is 13.2 Å². The van der Waals surface area contributed by atoms with Gasteiger partial charge in [0, 0.05) is 12.6 Å². The van der Waals surface area contributed by atoms with Crippen LogP contribution < -0.4 is 10.6 Å². The van der Waals surface area contributed by atoms with Gasteiger partial charge in [-0.15, -0.1) is 0 Å². The summed E-state index contributed by atoms with van der Waals surface area (Å²) in [4.78, 5) is 2.14. The molecule has 2 N–H and O–H groups in total. The van der Waals surface area contributed by atoms with Gasteiger partial charge >= 0.3 is 6.18 Å². The normalized spacial score (nSPS) is 15.9. The summed E-state index contributed by atoms with van der Waals surface area (Å²) in [5.41, 5.74) is 6.07. The largest absolute Gasteiger partial charge is 0.416 e. The molecule has 0 aliphatic heterocycles. The van der Waals surface area contributed by atoms with Crippen LogP contribution in [0.3, 0.4) is 0 Å². The first kappa shape index (κ1) is 14.0. The van der Waals surface area contributed by atoms with Crippen LogP contribution in [0.5, 0.6) is 0 Å². The van der Waals surface area contributed by atoms with Crippen LogP contribution in [0.15, 0.2) is 18.2 Å². The van der Waals surface area contributed by atoms with E-state index in [1.54, 1.807) is 0 Å². The van der Waals surface area contributed by atoms with Crippen molar-refractivity contribution < 1.29 is 13.2 Å². The van der Waals surface area contributed by atoms with Crippen molar-refractivity contribution in [3.8, 4) is 0 Å². The molecule has 0 amide bonds. The van der Waals surface area contributed by atoms with Gasteiger partial charge in [-0.25, -0.2) is 0 Å². The van der Waals surface area contributed by atoms with Crippen LogP contribution in [0.1, 0.15) is 32.3 Å². The molecule has 19 heavy (non-hydrogen) atoms. The van der Waals surface area contributed by atoms with Crippen LogP contribution in [0.2, 0.25) is 0 Å². The van der Waals surface area contributed by atoms with Gasteiger partial charge in [0.25, 0.3) is 0 Å². The van der Waals surface area contributed by atoms with Crippen molar-refractivity contribution in [2.24, 2.45) is 5.92 Å². The predicted octanol–water partition coefficient (Wildman–Crippen LogP) is 3.91. The molecule has 0 atom stereocenters. The highest BCUT2D eigenvalue weighted by Gasteiger charge is 2.33. The minimum atomic E-state index is -4.34. The Morgan fingerprint density at radius 2 is 1.95 bits per heavy atom. The Balaban J connectivity index is 2.28. The number of nitrogens with two attached hydrogens (primary N) is 1. The summed E-state index contributed by atoms with van der Waals surface area (Å²) in [6.07, 6.45) is -2.16. The highest BCUT2D eigenvalue weighted by Crippen LogP contribution is 2.38. The van der Waals surface area contributed by atoms with E-state index in [0.717, 1.165) is 37.2 Å². The van der Waals surface area contributed by atoms with Crippen LogP contribution in [-0.2, 0) is 6.18 Å². The first-order valence-corrected chi connectivity index (χ1v) is 6.52. The summed E-state index contributed by atoms with van der Waals surface area (Å²) in [5, 5.41) is 0. The molecule has 0 radical (unpaired) electrons. The number of anilines is 2. The summed E-state index contributed by atoms with van der Waals surface area (Å²) >= 11 is 0. The first-order valence-electron chi connectivity index (χ1n) is 6.52. The third kappa shape index (κ3) is 3.33. The van der Waals surface area contributed by atoms with E-state index in [1.807, 2.05) is 0 Å². The molecule has 5 heteroatoms. The van der Waals surface area contributed by atoms with E-state index in [2.05, 4.69) is 18.7 Å². The van der Waals surface area contributed by atoms with Gasteiger partial charge in [0.05, 0.1) is 16.9 Å². The summed E-state index contributed by atoms with van der Waals surface area (Å²) in [6, 6.07) is 4.08. The molecule has 1 fully saturated rings. The van der Waals surface area contributed by atoms with E-state index in [1.165, 1.54) is 6.07 Å². The molecule has 1 aliphatic carbocycles. The molecule has 1 aromatic rings. The summed E-state index contributed by atoms with van der Waals surface area (Å²) in [5.74, 6) is 0.447. The van der Waals surface area contributed by atoms with Crippen molar-refractivity contribution in [2.75, 3.05) is 17.2 Å². The number of rotatable bonds is 4. The average molecular weight is 272 g/mol. The Bertz CT molecular complexity index is 450. The lowest BCUT2D eigenvalue weighted by molar-refractivity contribution is -0.137. The first-order chi connectivity index (χ1) is 8.79. The Morgan fingerprint density at radius 3 is 2.37 bits per heavy atom. The van der Waals surface area contributed by atoms with Gasteiger partial charge < -0.3 is 10.6 Å². The molecular formula is C14H19F3N2. The Hall–Kier alpha value is -1.39. The van der Waals surface area contributed by atoms with Crippen molar-refractivity contribution in [1.82, 2.24) is 0 Å². The molecular weight excluding hydrogens is 253 g/mol.